The lowest BCUT2D eigenvalue weighted by molar-refractivity contribution is -0.0311. The molecule has 3 aromatic rings. The smallest absolute Gasteiger partial charge is 0.266 e. The van der Waals surface area contributed by atoms with E-state index in [2.05, 4.69) is 23.8 Å². The van der Waals surface area contributed by atoms with Gasteiger partial charge < -0.3 is 15.0 Å². The molecule has 0 unspecified atom stereocenters. The number of para-hydroxylation sites is 1. The van der Waals surface area contributed by atoms with Crippen LogP contribution < -0.4 is 5.56 Å². The molecule has 1 saturated heterocycles. The zero-order valence-electron chi connectivity index (χ0n) is 19.3. The molecular formula is C25H29N3O5S. The van der Waals surface area contributed by atoms with Gasteiger partial charge in [-0.25, -0.2) is 13.4 Å². The van der Waals surface area contributed by atoms with Crippen LogP contribution in [-0.4, -0.2) is 53.0 Å². The summed E-state index contributed by atoms with van der Waals surface area (Å²) in [4.78, 5) is 32.9. The molecule has 0 bridgehead atoms. The lowest BCUT2D eigenvalue weighted by atomic mass is 9.84. The molecular weight excluding hydrogens is 454 g/mol. The number of rotatable bonds is 6. The van der Waals surface area contributed by atoms with Gasteiger partial charge in [0, 0.05) is 18.7 Å². The largest absolute Gasteiger partial charge is 0.390 e. The number of H-pyrrole nitrogens is 1. The van der Waals surface area contributed by atoms with E-state index >= 15 is 0 Å². The van der Waals surface area contributed by atoms with E-state index in [0.717, 1.165) is 12.6 Å². The van der Waals surface area contributed by atoms with Gasteiger partial charge in [-0.2, -0.15) is 0 Å². The van der Waals surface area contributed by atoms with Gasteiger partial charge in [0.15, 0.2) is 9.84 Å². The van der Waals surface area contributed by atoms with Gasteiger partial charge in [-0.1, -0.05) is 32.0 Å². The lowest BCUT2D eigenvalue weighted by Crippen LogP contribution is -2.47. The minimum Gasteiger partial charge on any atom is -0.390 e. The van der Waals surface area contributed by atoms with Crippen molar-refractivity contribution in [3.05, 3.63) is 70.1 Å². The summed E-state index contributed by atoms with van der Waals surface area (Å²) in [5.74, 6) is -0.0103. The highest BCUT2D eigenvalue weighted by atomic mass is 32.2. The van der Waals surface area contributed by atoms with Crippen LogP contribution in [0, 0.1) is 5.92 Å². The van der Waals surface area contributed by atoms with Crippen LogP contribution in [0.2, 0.25) is 0 Å². The summed E-state index contributed by atoms with van der Waals surface area (Å²) in [6.45, 7) is 5.14. The maximum absolute atomic E-state index is 13.1. The summed E-state index contributed by atoms with van der Waals surface area (Å²) >= 11 is 0. The topological polar surface area (TPSA) is 120 Å². The first-order valence-electron chi connectivity index (χ1n) is 11.4. The van der Waals surface area contributed by atoms with Gasteiger partial charge in [0.1, 0.15) is 0 Å². The third kappa shape index (κ3) is 5.20. The molecule has 0 aliphatic carbocycles. The Labute approximate surface area is 198 Å². The molecule has 2 aromatic carbocycles. The number of carbonyl (C=O) groups is 1. The van der Waals surface area contributed by atoms with Crippen LogP contribution in [0.1, 0.15) is 49.0 Å². The standard InChI is InChI=1S/C25H29N3O5S/c1-17(2)14-25(31)10-12-28(13-11-25)24(30)19-8-6-18(7-9-19)16-34(32,33)21-5-3-4-20-23(21)27-22(29)15-26-20/h3-9,15,17,31H,10-14,16H2,1-2H3,(H,27,29). The summed E-state index contributed by atoms with van der Waals surface area (Å²) in [6, 6.07) is 11.2. The Bertz CT molecular complexity index is 1360. The molecule has 0 saturated carbocycles. The number of aliphatic hydroxyl groups is 1. The minimum atomic E-state index is -3.77. The van der Waals surface area contributed by atoms with Crippen LogP contribution in [0.5, 0.6) is 0 Å². The third-order valence-corrected chi connectivity index (χ3v) is 7.96. The molecule has 8 nitrogen and oxygen atoms in total. The van der Waals surface area contributed by atoms with Gasteiger partial charge in [-0.3, -0.25) is 9.59 Å². The number of carbonyl (C=O) groups excluding carboxylic acids is 1. The van der Waals surface area contributed by atoms with Crippen molar-refractivity contribution < 1.29 is 18.3 Å². The van der Waals surface area contributed by atoms with Crippen molar-refractivity contribution >= 4 is 26.8 Å². The van der Waals surface area contributed by atoms with Gasteiger partial charge in [0.2, 0.25) is 0 Å². The van der Waals surface area contributed by atoms with Crippen LogP contribution in [0.15, 0.2) is 58.4 Å². The first-order valence-corrected chi connectivity index (χ1v) is 13.0. The molecule has 2 heterocycles. The monoisotopic (exact) mass is 483 g/mol. The van der Waals surface area contributed by atoms with Crippen LogP contribution in [0.4, 0.5) is 0 Å². The molecule has 1 aliphatic heterocycles. The van der Waals surface area contributed by atoms with Crippen LogP contribution >= 0.6 is 0 Å². The molecule has 0 atom stereocenters. The third-order valence-electron chi connectivity index (χ3n) is 6.24. The average molecular weight is 484 g/mol. The van der Waals surface area contributed by atoms with E-state index in [4.69, 9.17) is 0 Å². The predicted octanol–water partition coefficient (Wildman–Crippen LogP) is 2.91. The highest BCUT2D eigenvalue weighted by Gasteiger charge is 2.34. The van der Waals surface area contributed by atoms with E-state index in [1.807, 2.05) is 0 Å². The van der Waals surface area contributed by atoms with E-state index in [9.17, 15) is 23.1 Å². The molecule has 9 heteroatoms. The minimum absolute atomic E-state index is 0.0116. The van der Waals surface area contributed by atoms with E-state index < -0.39 is 21.0 Å². The number of hydrogen-bond donors (Lipinski definition) is 2. The van der Waals surface area contributed by atoms with Crippen molar-refractivity contribution in [1.82, 2.24) is 14.9 Å². The maximum atomic E-state index is 13.1. The number of benzene rings is 2. The number of amides is 1. The Morgan fingerprint density at radius 2 is 1.82 bits per heavy atom. The van der Waals surface area contributed by atoms with Crippen LogP contribution in [0.25, 0.3) is 11.0 Å². The van der Waals surface area contributed by atoms with Gasteiger partial charge in [0.25, 0.3) is 11.5 Å². The second-order valence-electron chi connectivity index (χ2n) is 9.47. The maximum Gasteiger partial charge on any atom is 0.266 e. The lowest BCUT2D eigenvalue weighted by Gasteiger charge is -2.39. The number of hydrogen-bond acceptors (Lipinski definition) is 6. The Kier molecular flexibility index (Phi) is 6.60. The molecule has 34 heavy (non-hydrogen) atoms. The molecule has 1 aromatic heterocycles. The molecule has 4 rings (SSSR count). The van der Waals surface area contributed by atoms with Crippen molar-refractivity contribution in [2.45, 2.75) is 49.4 Å². The number of sulfone groups is 1. The fraction of sp³-hybridized carbons (Fsp3) is 0.400. The van der Waals surface area contributed by atoms with Crippen molar-refractivity contribution in [3.63, 3.8) is 0 Å². The molecule has 1 aliphatic rings. The zero-order valence-corrected chi connectivity index (χ0v) is 20.1. The Morgan fingerprint density at radius 1 is 1.15 bits per heavy atom. The fourth-order valence-corrected chi connectivity index (χ4v) is 6.15. The molecule has 1 fully saturated rings. The first-order chi connectivity index (χ1) is 16.1. The predicted molar refractivity (Wildman–Crippen MR) is 129 cm³/mol. The van der Waals surface area contributed by atoms with Gasteiger partial charge in [-0.05, 0) is 55.0 Å². The molecule has 1 amide bonds. The number of aromatic amines is 1. The SMILES string of the molecule is CC(C)CC1(O)CCN(C(=O)c2ccc(CS(=O)(=O)c3cccc4ncc(=O)[nH]c34)cc2)CC1. The highest BCUT2D eigenvalue weighted by molar-refractivity contribution is 7.90. The highest BCUT2D eigenvalue weighted by Crippen LogP contribution is 2.29. The van der Waals surface area contributed by atoms with Crippen LogP contribution in [0.3, 0.4) is 0 Å². The van der Waals surface area contributed by atoms with E-state index in [-0.39, 0.29) is 22.1 Å². The second kappa shape index (κ2) is 9.31. The van der Waals surface area contributed by atoms with Gasteiger partial charge >= 0.3 is 0 Å². The summed E-state index contributed by atoms with van der Waals surface area (Å²) < 4.78 is 26.2. The fourth-order valence-electron chi connectivity index (χ4n) is 4.61. The van der Waals surface area contributed by atoms with Crippen molar-refractivity contribution in [1.29, 1.82) is 0 Å². The number of likely N-dealkylation sites (tertiary alicyclic amines) is 1. The summed E-state index contributed by atoms with van der Waals surface area (Å²) in [6.07, 6.45) is 2.94. The van der Waals surface area contributed by atoms with E-state index in [1.165, 1.54) is 6.07 Å². The van der Waals surface area contributed by atoms with E-state index in [0.29, 0.717) is 48.5 Å². The second-order valence-corrected chi connectivity index (χ2v) is 11.4. The number of fused-ring (bicyclic) bond motifs is 1. The average Bonchev–Trinajstić information content (AvgIpc) is 2.78. The van der Waals surface area contributed by atoms with Gasteiger partial charge in [0.05, 0.1) is 33.5 Å². The number of nitrogens with one attached hydrogen (secondary N) is 1. The zero-order chi connectivity index (χ0) is 24.5. The Balaban J connectivity index is 1.47. The summed E-state index contributed by atoms with van der Waals surface area (Å²) in [5, 5.41) is 10.7. The first kappa shape index (κ1) is 24.1. The molecule has 0 radical (unpaired) electrons. The molecule has 0 spiro atoms. The number of nitrogens with zero attached hydrogens (tertiary/aromatic N) is 2. The van der Waals surface area contributed by atoms with Crippen molar-refractivity contribution in [2.24, 2.45) is 5.92 Å². The van der Waals surface area contributed by atoms with Gasteiger partial charge in [-0.15, -0.1) is 0 Å². The van der Waals surface area contributed by atoms with Crippen molar-refractivity contribution in [2.75, 3.05) is 13.1 Å². The number of aromatic nitrogens is 2. The summed E-state index contributed by atoms with van der Waals surface area (Å²) in [5.41, 5.74) is 0.398. The molecule has 180 valence electrons. The Morgan fingerprint density at radius 3 is 2.47 bits per heavy atom. The van der Waals surface area contributed by atoms with Crippen molar-refractivity contribution in [3.8, 4) is 0 Å². The van der Waals surface area contributed by atoms with Crippen LogP contribution in [-0.2, 0) is 15.6 Å². The Hall–Kier alpha value is -3.04. The quantitative estimate of drug-likeness (QED) is 0.556. The summed E-state index contributed by atoms with van der Waals surface area (Å²) in [7, 11) is -3.77. The normalized spacial score (nSPS) is 16.2. The van der Waals surface area contributed by atoms with E-state index in [1.54, 1.807) is 41.3 Å². The number of piperidine rings is 1. The molecule has 2 N–H and O–H groups in total.